The van der Waals surface area contributed by atoms with Crippen LogP contribution in [0.3, 0.4) is 0 Å². The van der Waals surface area contributed by atoms with Crippen LogP contribution in [0, 0.1) is 23.2 Å². The van der Waals surface area contributed by atoms with Crippen molar-refractivity contribution >= 4 is 0 Å². The lowest BCUT2D eigenvalue weighted by atomic mass is 9.54. The molecular weight excluding hydrogens is 212 g/mol. The van der Waals surface area contributed by atoms with E-state index in [9.17, 15) is 0 Å². The predicted molar refractivity (Wildman–Crippen MR) is 65.5 cm³/mol. The molecule has 0 radical (unpaired) electrons. The van der Waals surface area contributed by atoms with Crippen molar-refractivity contribution in [3.63, 3.8) is 0 Å². The first kappa shape index (κ1) is 10.8. The Hall–Kier alpha value is -0.0800. The van der Waals surface area contributed by atoms with Crippen molar-refractivity contribution in [2.75, 3.05) is 0 Å². The first-order valence-electron chi connectivity index (χ1n) is 7.29. The topological polar surface area (TPSA) is 25.1 Å². The van der Waals surface area contributed by atoms with Gasteiger partial charge in [-0.05, 0) is 55.8 Å². The summed E-state index contributed by atoms with van der Waals surface area (Å²) in [4.78, 5) is 0. The third-order valence-corrected chi connectivity index (χ3v) is 6.42. The van der Waals surface area contributed by atoms with E-state index in [1.165, 1.54) is 25.7 Å². The Balaban J connectivity index is 1.66. The number of rotatable bonds is 1. The first-order valence-corrected chi connectivity index (χ1v) is 7.29. The average molecular weight is 236 g/mol. The highest BCUT2D eigenvalue weighted by atomic mass is 16.9. The number of hydrogen-bond acceptors (Lipinski definition) is 2. The molecule has 6 atom stereocenters. The van der Waals surface area contributed by atoms with Crippen molar-refractivity contribution in [2.45, 2.75) is 70.9 Å². The predicted octanol–water partition coefficient (Wildman–Crippen LogP) is 3.35. The molecule has 2 heteroatoms. The Labute approximate surface area is 104 Å². The Bertz CT molecular complexity index is 379. The number of ether oxygens (including phenoxy) is 2. The summed E-state index contributed by atoms with van der Waals surface area (Å²) in [5, 5.41) is 0. The van der Waals surface area contributed by atoms with Crippen molar-refractivity contribution in [1.82, 2.24) is 0 Å². The minimum atomic E-state index is -0.115. The number of fused-ring (bicyclic) bond motifs is 2. The quantitative estimate of drug-likeness (QED) is 0.652. The van der Waals surface area contributed by atoms with Gasteiger partial charge in [-0.15, -0.1) is 0 Å². The fourth-order valence-electron chi connectivity index (χ4n) is 5.04. The molecule has 0 aromatic heterocycles. The maximum Gasteiger partial charge on any atom is 0.226 e. The van der Waals surface area contributed by atoms with Crippen LogP contribution in [0.15, 0.2) is 0 Å². The standard InChI is InChI=1S/C15H24O2/c1-9(2)10-5-6-13(3)8-12-15(16-12)14(4,17-15)11(13)7-10/h9-12H,5-8H2,1-4H3/t10-,11+,12?,13-,14-,15?/m1/s1. The molecule has 1 spiro atoms. The molecule has 4 fully saturated rings. The van der Waals surface area contributed by atoms with Crippen LogP contribution in [-0.2, 0) is 9.47 Å². The second-order valence-electron chi connectivity index (χ2n) is 7.67. The van der Waals surface area contributed by atoms with Gasteiger partial charge in [-0.25, -0.2) is 0 Å². The van der Waals surface area contributed by atoms with E-state index >= 15 is 0 Å². The normalized spacial score (nSPS) is 63.7. The van der Waals surface area contributed by atoms with Crippen molar-refractivity contribution in [3.05, 3.63) is 0 Å². The van der Waals surface area contributed by atoms with E-state index in [0.717, 1.165) is 17.8 Å². The molecule has 2 saturated heterocycles. The van der Waals surface area contributed by atoms with Gasteiger partial charge in [-0.2, -0.15) is 0 Å². The SMILES string of the molecule is CC(C)[C@@H]1CC[C@]2(C)CC3OC34O[C@]4(C)[C@H]2C1. The lowest BCUT2D eigenvalue weighted by Gasteiger charge is -2.48. The third kappa shape index (κ3) is 1.10. The molecule has 0 aromatic rings. The largest absolute Gasteiger partial charge is 0.336 e. The fourth-order valence-corrected chi connectivity index (χ4v) is 5.04. The van der Waals surface area contributed by atoms with Crippen molar-refractivity contribution in [1.29, 1.82) is 0 Å². The van der Waals surface area contributed by atoms with Crippen LogP contribution in [0.2, 0.25) is 0 Å². The zero-order valence-electron chi connectivity index (χ0n) is 11.5. The fraction of sp³-hybridized carbons (Fsp3) is 1.00. The summed E-state index contributed by atoms with van der Waals surface area (Å²) in [5.41, 5.74) is 0.527. The summed E-state index contributed by atoms with van der Waals surface area (Å²) >= 11 is 0. The summed E-state index contributed by atoms with van der Waals surface area (Å²) in [5.74, 6) is 2.31. The molecule has 0 amide bonds. The summed E-state index contributed by atoms with van der Waals surface area (Å²) in [6.07, 6.45) is 5.78. The Morgan fingerprint density at radius 3 is 2.71 bits per heavy atom. The van der Waals surface area contributed by atoms with Gasteiger partial charge in [0.1, 0.15) is 11.7 Å². The molecule has 2 unspecified atom stereocenters. The summed E-state index contributed by atoms with van der Waals surface area (Å²) in [7, 11) is 0. The molecule has 2 aliphatic carbocycles. The van der Waals surface area contributed by atoms with Gasteiger partial charge in [0.25, 0.3) is 0 Å². The zero-order valence-corrected chi connectivity index (χ0v) is 11.5. The van der Waals surface area contributed by atoms with E-state index in [1.54, 1.807) is 0 Å². The van der Waals surface area contributed by atoms with Crippen LogP contribution in [0.25, 0.3) is 0 Å². The van der Waals surface area contributed by atoms with E-state index in [0.29, 0.717) is 11.5 Å². The van der Waals surface area contributed by atoms with E-state index in [4.69, 9.17) is 9.47 Å². The molecule has 4 aliphatic rings. The summed E-state index contributed by atoms with van der Waals surface area (Å²) < 4.78 is 11.9. The van der Waals surface area contributed by atoms with Gasteiger partial charge in [0.05, 0.1) is 0 Å². The van der Waals surface area contributed by atoms with Gasteiger partial charge in [0.2, 0.25) is 5.79 Å². The smallest absolute Gasteiger partial charge is 0.226 e. The van der Waals surface area contributed by atoms with Gasteiger partial charge in [0, 0.05) is 0 Å². The zero-order chi connectivity index (χ0) is 12.1. The molecule has 2 saturated carbocycles. The van der Waals surface area contributed by atoms with Crippen LogP contribution in [0.5, 0.6) is 0 Å². The highest BCUT2D eigenvalue weighted by molar-refractivity contribution is 5.29. The van der Waals surface area contributed by atoms with Gasteiger partial charge >= 0.3 is 0 Å². The summed E-state index contributed by atoms with van der Waals surface area (Å²) in [6.45, 7) is 9.53. The molecule has 0 aromatic carbocycles. The van der Waals surface area contributed by atoms with Crippen molar-refractivity contribution in [3.8, 4) is 0 Å². The molecule has 96 valence electrons. The van der Waals surface area contributed by atoms with Crippen molar-refractivity contribution in [2.24, 2.45) is 23.2 Å². The van der Waals surface area contributed by atoms with E-state index < -0.39 is 0 Å². The molecule has 0 N–H and O–H groups in total. The van der Waals surface area contributed by atoms with Gasteiger partial charge in [-0.3, -0.25) is 0 Å². The minimum absolute atomic E-state index is 0.0538. The van der Waals surface area contributed by atoms with Crippen LogP contribution in [0.4, 0.5) is 0 Å². The molecule has 2 aliphatic heterocycles. The second kappa shape index (κ2) is 2.75. The van der Waals surface area contributed by atoms with Crippen LogP contribution in [-0.4, -0.2) is 17.5 Å². The lowest BCUT2D eigenvalue weighted by Crippen LogP contribution is -2.48. The number of epoxide rings is 2. The molecule has 4 rings (SSSR count). The van der Waals surface area contributed by atoms with Crippen LogP contribution < -0.4 is 0 Å². The van der Waals surface area contributed by atoms with E-state index in [-0.39, 0.29) is 11.4 Å². The maximum atomic E-state index is 6.07. The average Bonchev–Trinajstić information content (AvgIpc) is 3.05. The highest BCUT2D eigenvalue weighted by Gasteiger charge is 2.90. The third-order valence-electron chi connectivity index (χ3n) is 6.42. The molecule has 2 heterocycles. The van der Waals surface area contributed by atoms with Gasteiger partial charge in [-0.1, -0.05) is 20.8 Å². The monoisotopic (exact) mass is 236 g/mol. The Morgan fingerprint density at radius 1 is 1.24 bits per heavy atom. The first-order chi connectivity index (χ1) is 7.91. The van der Waals surface area contributed by atoms with Gasteiger partial charge < -0.3 is 9.47 Å². The maximum absolute atomic E-state index is 6.07. The Kier molecular flexibility index (Phi) is 1.75. The van der Waals surface area contributed by atoms with Crippen LogP contribution >= 0.6 is 0 Å². The molecule has 0 bridgehead atoms. The van der Waals surface area contributed by atoms with E-state index in [2.05, 4.69) is 27.7 Å². The van der Waals surface area contributed by atoms with Crippen molar-refractivity contribution < 1.29 is 9.47 Å². The molecular formula is C15H24O2. The Morgan fingerprint density at radius 2 is 2.00 bits per heavy atom. The minimum Gasteiger partial charge on any atom is -0.336 e. The highest BCUT2D eigenvalue weighted by Crippen LogP contribution is 2.76. The molecule has 2 nitrogen and oxygen atoms in total. The lowest BCUT2D eigenvalue weighted by molar-refractivity contribution is -0.000290. The van der Waals surface area contributed by atoms with Gasteiger partial charge in [0.15, 0.2) is 0 Å². The van der Waals surface area contributed by atoms with Crippen LogP contribution in [0.1, 0.15) is 53.4 Å². The molecule has 17 heavy (non-hydrogen) atoms. The number of hydrogen-bond donors (Lipinski definition) is 0. The summed E-state index contributed by atoms with van der Waals surface area (Å²) in [6, 6.07) is 0. The van der Waals surface area contributed by atoms with E-state index in [1.807, 2.05) is 0 Å². The second-order valence-corrected chi connectivity index (χ2v) is 7.67.